The largest absolute Gasteiger partial charge is 0.393 e. The van der Waals surface area contributed by atoms with Gasteiger partial charge in [0.2, 0.25) is 0 Å². The van der Waals surface area contributed by atoms with Crippen molar-refractivity contribution < 1.29 is 5.11 Å². The highest BCUT2D eigenvalue weighted by atomic mass is 16.3. The second kappa shape index (κ2) is 7.09. The Morgan fingerprint density at radius 2 is 1.89 bits per heavy atom. The van der Waals surface area contributed by atoms with Crippen LogP contribution in [0.4, 0.5) is 0 Å². The number of aryl methyl sites for hydroxylation is 1. The van der Waals surface area contributed by atoms with Crippen molar-refractivity contribution >= 4 is 0 Å². The van der Waals surface area contributed by atoms with E-state index in [-0.39, 0.29) is 11.5 Å². The molecule has 1 aromatic rings. The van der Waals surface area contributed by atoms with E-state index in [1.54, 1.807) is 0 Å². The highest BCUT2D eigenvalue weighted by Gasteiger charge is 2.21. The molecule has 1 N–H and O–H groups in total. The molecule has 0 aliphatic carbocycles. The molecule has 0 aromatic carbocycles. The van der Waals surface area contributed by atoms with Gasteiger partial charge in [0.05, 0.1) is 17.8 Å². The monoisotopic (exact) mass is 266 g/mol. The van der Waals surface area contributed by atoms with E-state index < -0.39 is 0 Å². The Morgan fingerprint density at radius 3 is 2.42 bits per heavy atom. The topological polar surface area (TPSA) is 38.0 Å². The van der Waals surface area contributed by atoms with Crippen molar-refractivity contribution in [2.24, 2.45) is 5.41 Å². The molecule has 0 radical (unpaired) electrons. The Kier molecular flexibility index (Phi) is 6.05. The van der Waals surface area contributed by atoms with Crippen LogP contribution in [0.2, 0.25) is 0 Å². The first kappa shape index (κ1) is 16.2. The number of nitrogens with zero attached hydrogens (tertiary/aromatic N) is 2. The Balaban J connectivity index is 2.43. The third kappa shape index (κ3) is 4.98. The molecule has 1 unspecified atom stereocenters. The molecule has 110 valence electrons. The summed E-state index contributed by atoms with van der Waals surface area (Å²) in [5.74, 6) is 0. The molecule has 0 saturated carbocycles. The lowest BCUT2D eigenvalue weighted by atomic mass is 9.86. The van der Waals surface area contributed by atoms with Crippen molar-refractivity contribution in [3.05, 3.63) is 18.0 Å². The summed E-state index contributed by atoms with van der Waals surface area (Å²) in [6.45, 7) is 10.7. The molecule has 19 heavy (non-hydrogen) atoms. The fourth-order valence-corrected chi connectivity index (χ4v) is 2.29. The highest BCUT2D eigenvalue weighted by Crippen LogP contribution is 2.23. The third-order valence-corrected chi connectivity index (χ3v) is 3.89. The summed E-state index contributed by atoms with van der Waals surface area (Å²) in [7, 11) is 0. The van der Waals surface area contributed by atoms with Gasteiger partial charge in [-0.2, -0.15) is 5.10 Å². The summed E-state index contributed by atoms with van der Waals surface area (Å²) in [5, 5.41) is 14.7. The van der Waals surface area contributed by atoms with Crippen LogP contribution in [0.5, 0.6) is 0 Å². The van der Waals surface area contributed by atoms with Crippen LogP contribution < -0.4 is 0 Å². The standard InChI is InChI=1S/C16H30N2O/c1-6-14(7-2)18-12-11-13(17-18)9-8-10-15(19)16(3,4)5/h11-12,14-15,19H,6-10H2,1-5H3. The number of aliphatic hydroxyl groups excluding tert-OH is 1. The van der Waals surface area contributed by atoms with Gasteiger partial charge >= 0.3 is 0 Å². The van der Waals surface area contributed by atoms with Gasteiger partial charge in [-0.1, -0.05) is 34.6 Å². The second-order valence-corrected chi connectivity index (χ2v) is 6.53. The third-order valence-electron chi connectivity index (χ3n) is 3.89. The smallest absolute Gasteiger partial charge is 0.0624 e. The number of aliphatic hydroxyl groups is 1. The van der Waals surface area contributed by atoms with Gasteiger partial charge in [-0.15, -0.1) is 0 Å². The first-order valence-corrected chi connectivity index (χ1v) is 7.60. The summed E-state index contributed by atoms with van der Waals surface area (Å²) in [6.07, 6.45) is 6.92. The Hall–Kier alpha value is -0.830. The minimum atomic E-state index is -0.228. The molecule has 0 amide bonds. The maximum Gasteiger partial charge on any atom is 0.0624 e. The van der Waals surface area contributed by atoms with E-state index in [2.05, 4.69) is 56.7 Å². The fourth-order valence-electron chi connectivity index (χ4n) is 2.29. The van der Waals surface area contributed by atoms with Crippen LogP contribution in [0, 0.1) is 5.41 Å². The summed E-state index contributed by atoms with van der Waals surface area (Å²) < 4.78 is 2.09. The van der Waals surface area contributed by atoms with Crippen molar-refractivity contribution in [1.82, 2.24) is 9.78 Å². The quantitative estimate of drug-likeness (QED) is 0.810. The van der Waals surface area contributed by atoms with Crippen molar-refractivity contribution in [1.29, 1.82) is 0 Å². The van der Waals surface area contributed by atoms with Crippen LogP contribution in [0.15, 0.2) is 12.3 Å². The van der Waals surface area contributed by atoms with Gasteiger partial charge in [0, 0.05) is 6.20 Å². The molecule has 0 spiro atoms. The maximum absolute atomic E-state index is 10.0. The fraction of sp³-hybridized carbons (Fsp3) is 0.812. The predicted molar refractivity (Wildman–Crippen MR) is 80.2 cm³/mol. The average molecular weight is 266 g/mol. The first-order chi connectivity index (χ1) is 8.88. The molecule has 0 bridgehead atoms. The van der Waals surface area contributed by atoms with E-state index in [9.17, 15) is 5.11 Å². The number of hydrogen-bond donors (Lipinski definition) is 1. The molecule has 1 aromatic heterocycles. The van der Waals surface area contributed by atoms with Gasteiger partial charge in [0.15, 0.2) is 0 Å². The van der Waals surface area contributed by atoms with E-state index in [0.29, 0.717) is 6.04 Å². The molecule has 3 heteroatoms. The summed E-state index contributed by atoms with van der Waals surface area (Å²) in [4.78, 5) is 0. The zero-order valence-electron chi connectivity index (χ0n) is 13.2. The Morgan fingerprint density at radius 1 is 1.26 bits per heavy atom. The van der Waals surface area contributed by atoms with Gasteiger partial charge < -0.3 is 5.11 Å². The zero-order valence-corrected chi connectivity index (χ0v) is 13.2. The van der Waals surface area contributed by atoms with Crippen LogP contribution in [0.1, 0.15) is 72.0 Å². The lowest BCUT2D eigenvalue weighted by Crippen LogP contribution is -2.25. The number of rotatable bonds is 7. The molecule has 1 atom stereocenters. The Labute approximate surface area is 118 Å². The zero-order chi connectivity index (χ0) is 14.5. The van der Waals surface area contributed by atoms with E-state index in [0.717, 1.165) is 37.8 Å². The molecule has 0 fully saturated rings. The lowest BCUT2D eigenvalue weighted by molar-refractivity contribution is 0.0540. The normalized spacial score (nSPS) is 14.1. The first-order valence-electron chi connectivity index (χ1n) is 7.60. The minimum Gasteiger partial charge on any atom is -0.393 e. The number of aromatic nitrogens is 2. The minimum absolute atomic E-state index is 0.0190. The molecule has 0 saturated heterocycles. The predicted octanol–water partition coefficient (Wildman–Crippen LogP) is 3.97. The van der Waals surface area contributed by atoms with Crippen molar-refractivity contribution in [2.75, 3.05) is 0 Å². The summed E-state index contributed by atoms with van der Waals surface area (Å²) in [5.41, 5.74) is 1.13. The van der Waals surface area contributed by atoms with Crippen molar-refractivity contribution in [2.45, 2.75) is 78.9 Å². The highest BCUT2D eigenvalue weighted by molar-refractivity contribution is 5.00. The molecule has 1 heterocycles. The van der Waals surface area contributed by atoms with E-state index in [1.165, 1.54) is 0 Å². The van der Waals surface area contributed by atoms with Crippen LogP contribution in [0.3, 0.4) is 0 Å². The van der Waals surface area contributed by atoms with Crippen molar-refractivity contribution in [3.8, 4) is 0 Å². The van der Waals surface area contributed by atoms with Gasteiger partial charge in [-0.25, -0.2) is 0 Å². The van der Waals surface area contributed by atoms with Crippen LogP contribution in [-0.2, 0) is 6.42 Å². The van der Waals surface area contributed by atoms with Gasteiger partial charge in [-0.05, 0) is 43.6 Å². The van der Waals surface area contributed by atoms with E-state index in [4.69, 9.17) is 0 Å². The van der Waals surface area contributed by atoms with Crippen LogP contribution >= 0.6 is 0 Å². The van der Waals surface area contributed by atoms with Crippen LogP contribution in [0.25, 0.3) is 0 Å². The maximum atomic E-state index is 10.0. The summed E-state index contributed by atoms with van der Waals surface area (Å²) >= 11 is 0. The molecular formula is C16H30N2O. The van der Waals surface area contributed by atoms with E-state index in [1.807, 2.05) is 0 Å². The van der Waals surface area contributed by atoms with Crippen molar-refractivity contribution in [3.63, 3.8) is 0 Å². The van der Waals surface area contributed by atoms with Gasteiger partial charge in [0.1, 0.15) is 0 Å². The van der Waals surface area contributed by atoms with Gasteiger partial charge in [-0.3, -0.25) is 4.68 Å². The number of hydrogen-bond acceptors (Lipinski definition) is 2. The molecule has 1 rings (SSSR count). The molecular weight excluding hydrogens is 236 g/mol. The van der Waals surface area contributed by atoms with Crippen LogP contribution in [-0.4, -0.2) is 21.0 Å². The molecule has 0 aliphatic heterocycles. The second-order valence-electron chi connectivity index (χ2n) is 6.53. The van der Waals surface area contributed by atoms with Gasteiger partial charge in [0.25, 0.3) is 0 Å². The Bertz CT molecular complexity index is 361. The SMILES string of the molecule is CCC(CC)n1ccc(CCCC(O)C(C)(C)C)n1. The average Bonchev–Trinajstić information content (AvgIpc) is 2.78. The van der Waals surface area contributed by atoms with E-state index >= 15 is 0 Å². The molecule has 3 nitrogen and oxygen atoms in total. The lowest BCUT2D eigenvalue weighted by Gasteiger charge is -2.25. The summed E-state index contributed by atoms with van der Waals surface area (Å²) in [6, 6.07) is 2.64. The molecule has 0 aliphatic rings.